The summed E-state index contributed by atoms with van der Waals surface area (Å²) in [5.74, 6) is 0.778. The van der Waals surface area contributed by atoms with Crippen LogP contribution in [0.4, 0.5) is 4.79 Å². The normalized spacial score (nSPS) is 11.0. The first kappa shape index (κ1) is 17.3. The number of benzene rings is 1. The molecule has 0 aliphatic rings. The van der Waals surface area contributed by atoms with Gasteiger partial charge in [-0.3, -0.25) is 0 Å². The Kier molecular flexibility index (Phi) is 6.48. The first-order valence-electron chi connectivity index (χ1n) is 6.70. The molecule has 118 valence electrons. The van der Waals surface area contributed by atoms with Gasteiger partial charge in [-0.05, 0) is 17.7 Å². The number of hydrogen-bond acceptors (Lipinski definition) is 4. The van der Waals surface area contributed by atoms with Gasteiger partial charge in [-0.15, -0.1) is 0 Å². The van der Waals surface area contributed by atoms with Crippen molar-refractivity contribution >= 4 is 15.9 Å². The number of urea groups is 1. The van der Waals surface area contributed by atoms with E-state index in [2.05, 4.69) is 5.32 Å². The average molecular weight is 314 g/mol. The van der Waals surface area contributed by atoms with Crippen molar-refractivity contribution in [2.45, 2.75) is 13.5 Å². The quantitative estimate of drug-likeness (QED) is 0.822. The summed E-state index contributed by atoms with van der Waals surface area (Å²) in [6.45, 7) is 2.13. The van der Waals surface area contributed by atoms with E-state index in [9.17, 15) is 13.2 Å². The smallest absolute Gasteiger partial charge is 0.317 e. The van der Waals surface area contributed by atoms with Gasteiger partial charge >= 0.3 is 6.03 Å². The molecule has 2 amide bonds. The number of nitrogens with zero attached hydrogens (tertiary/aromatic N) is 1. The minimum Gasteiger partial charge on any atom is -0.497 e. The zero-order chi connectivity index (χ0) is 15.9. The molecule has 0 atom stereocenters. The highest BCUT2D eigenvalue weighted by molar-refractivity contribution is 7.91. The summed E-state index contributed by atoms with van der Waals surface area (Å²) < 4.78 is 27.8. The highest BCUT2D eigenvalue weighted by atomic mass is 32.2. The standard InChI is InChI=1S/C14H22N2O4S/c1-4-21(18,19)9-8-15-14(17)16(2)11-12-6-5-7-13(10-12)20-3/h5-7,10H,4,8-9,11H2,1-3H3,(H,15,17). The van der Waals surface area contributed by atoms with E-state index in [4.69, 9.17) is 4.74 Å². The topological polar surface area (TPSA) is 75.7 Å². The zero-order valence-corrected chi connectivity index (χ0v) is 13.4. The predicted molar refractivity (Wildman–Crippen MR) is 82.2 cm³/mol. The molecule has 1 aromatic carbocycles. The fraction of sp³-hybridized carbons (Fsp3) is 0.500. The van der Waals surface area contributed by atoms with Crippen LogP contribution in [0, 0.1) is 0 Å². The molecule has 0 saturated carbocycles. The fourth-order valence-corrected chi connectivity index (χ4v) is 2.41. The van der Waals surface area contributed by atoms with E-state index >= 15 is 0 Å². The average Bonchev–Trinajstić information content (AvgIpc) is 2.47. The molecule has 0 saturated heterocycles. The van der Waals surface area contributed by atoms with E-state index in [1.54, 1.807) is 21.1 Å². The molecule has 0 unspecified atom stereocenters. The van der Waals surface area contributed by atoms with E-state index < -0.39 is 9.84 Å². The van der Waals surface area contributed by atoms with Crippen LogP contribution in [-0.4, -0.2) is 51.6 Å². The Morgan fingerprint density at radius 3 is 2.71 bits per heavy atom. The van der Waals surface area contributed by atoms with Gasteiger partial charge in [0, 0.05) is 25.9 Å². The van der Waals surface area contributed by atoms with E-state index in [1.165, 1.54) is 4.90 Å². The Bertz CT molecular complexity index is 572. The highest BCUT2D eigenvalue weighted by Crippen LogP contribution is 2.13. The van der Waals surface area contributed by atoms with Gasteiger partial charge in [-0.1, -0.05) is 19.1 Å². The third-order valence-corrected chi connectivity index (χ3v) is 4.74. The van der Waals surface area contributed by atoms with Gasteiger partial charge in [0.2, 0.25) is 0 Å². The van der Waals surface area contributed by atoms with Crippen molar-refractivity contribution in [1.82, 2.24) is 10.2 Å². The van der Waals surface area contributed by atoms with Gasteiger partial charge in [-0.2, -0.15) is 0 Å². The van der Waals surface area contributed by atoms with Crippen molar-refractivity contribution in [1.29, 1.82) is 0 Å². The number of sulfone groups is 1. The maximum Gasteiger partial charge on any atom is 0.317 e. The number of rotatable bonds is 7. The summed E-state index contributed by atoms with van der Waals surface area (Å²) in [5.41, 5.74) is 0.938. The van der Waals surface area contributed by atoms with Crippen molar-refractivity contribution in [2.75, 3.05) is 32.2 Å². The van der Waals surface area contributed by atoms with Gasteiger partial charge < -0.3 is 15.0 Å². The third kappa shape index (κ3) is 6.03. The van der Waals surface area contributed by atoms with E-state index in [0.29, 0.717) is 6.54 Å². The number of methoxy groups -OCH3 is 1. The van der Waals surface area contributed by atoms with Crippen LogP contribution < -0.4 is 10.1 Å². The molecule has 1 N–H and O–H groups in total. The molecule has 6 nitrogen and oxygen atoms in total. The van der Waals surface area contributed by atoms with Crippen molar-refractivity contribution < 1.29 is 17.9 Å². The number of carbonyl (C=O) groups is 1. The Hall–Kier alpha value is -1.76. The molecule has 1 aromatic rings. The molecule has 7 heteroatoms. The SMILES string of the molecule is CCS(=O)(=O)CCNC(=O)N(C)Cc1cccc(OC)c1. The van der Waals surface area contributed by atoms with Crippen LogP contribution in [-0.2, 0) is 16.4 Å². The molecule has 0 fully saturated rings. The van der Waals surface area contributed by atoms with Gasteiger partial charge in [0.25, 0.3) is 0 Å². The summed E-state index contributed by atoms with van der Waals surface area (Å²) in [6, 6.07) is 7.13. The molecule has 0 radical (unpaired) electrons. The van der Waals surface area contributed by atoms with Gasteiger partial charge in [0.05, 0.1) is 12.9 Å². The summed E-state index contributed by atoms with van der Waals surface area (Å²) in [4.78, 5) is 13.4. The Morgan fingerprint density at radius 1 is 1.38 bits per heavy atom. The lowest BCUT2D eigenvalue weighted by atomic mass is 10.2. The van der Waals surface area contributed by atoms with Crippen LogP contribution in [0.3, 0.4) is 0 Å². The first-order valence-corrected chi connectivity index (χ1v) is 8.52. The maximum atomic E-state index is 11.9. The number of carbonyl (C=O) groups excluding carboxylic acids is 1. The molecular formula is C14H22N2O4S. The zero-order valence-electron chi connectivity index (χ0n) is 12.6. The number of nitrogens with one attached hydrogen (secondary N) is 1. The van der Waals surface area contributed by atoms with Crippen LogP contribution in [0.1, 0.15) is 12.5 Å². The monoisotopic (exact) mass is 314 g/mol. The van der Waals surface area contributed by atoms with Crippen molar-refractivity contribution in [3.05, 3.63) is 29.8 Å². The van der Waals surface area contributed by atoms with Gasteiger partial charge in [-0.25, -0.2) is 13.2 Å². The fourth-order valence-electron chi connectivity index (χ4n) is 1.71. The van der Waals surface area contributed by atoms with Crippen molar-refractivity contribution in [3.8, 4) is 5.75 Å². The predicted octanol–water partition coefficient (Wildman–Crippen LogP) is 1.27. The number of amides is 2. The molecule has 1 rings (SSSR count). The van der Waals surface area contributed by atoms with E-state index in [1.807, 2.05) is 24.3 Å². The van der Waals surface area contributed by atoms with Crippen LogP contribution in [0.2, 0.25) is 0 Å². The van der Waals surface area contributed by atoms with Crippen LogP contribution in [0.25, 0.3) is 0 Å². The van der Waals surface area contributed by atoms with Crippen LogP contribution in [0.5, 0.6) is 5.75 Å². The van der Waals surface area contributed by atoms with Crippen LogP contribution >= 0.6 is 0 Å². The van der Waals surface area contributed by atoms with Crippen molar-refractivity contribution in [2.24, 2.45) is 0 Å². The first-order chi connectivity index (χ1) is 9.88. The Morgan fingerprint density at radius 2 is 2.10 bits per heavy atom. The molecule has 0 aromatic heterocycles. The lowest BCUT2D eigenvalue weighted by molar-refractivity contribution is 0.207. The summed E-state index contributed by atoms with van der Waals surface area (Å²) in [5, 5.41) is 2.60. The van der Waals surface area contributed by atoms with E-state index in [0.717, 1.165) is 11.3 Å². The van der Waals surface area contributed by atoms with Gasteiger partial charge in [0.1, 0.15) is 5.75 Å². The minimum atomic E-state index is -3.06. The second kappa shape index (κ2) is 7.87. The third-order valence-electron chi connectivity index (χ3n) is 3.03. The highest BCUT2D eigenvalue weighted by Gasteiger charge is 2.11. The lowest BCUT2D eigenvalue weighted by Crippen LogP contribution is -2.39. The second-order valence-electron chi connectivity index (χ2n) is 4.68. The second-order valence-corrected chi connectivity index (χ2v) is 7.15. The molecule has 0 bridgehead atoms. The van der Waals surface area contributed by atoms with Crippen LogP contribution in [0.15, 0.2) is 24.3 Å². The summed E-state index contributed by atoms with van der Waals surface area (Å²) in [7, 11) is 0.184. The maximum absolute atomic E-state index is 11.9. The van der Waals surface area contributed by atoms with Crippen molar-refractivity contribution in [3.63, 3.8) is 0 Å². The number of ether oxygens (including phenoxy) is 1. The molecule has 0 aliphatic heterocycles. The number of hydrogen-bond donors (Lipinski definition) is 1. The van der Waals surface area contributed by atoms with Gasteiger partial charge in [0.15, 0.2) is 9.84 Å². The molecular weight excluding hydrogens is 292 g/mol. The molecule has 0 heterocycles. The molecule has 0 spiro atoms. The summed E-state index contributed by atoms with van der Waals surface area (Å²) in [6.07, 6.45) is 0. The largest absolute Gasteiger partial charge is 0.497 e. The Balaban J connectivity index is 2.47. The summed E-state index contributed by atoms with van der Waals surface area (Å²) >= 11 is 0. The van der Waals surface area contributed by atoms with E-state index in [-0.39, 0.29) is 24.1 Å². The molecule has 0 aliphatic carbocycles. The minimum absolute atomic E-state index is 0.0394. The lowest BCUT2D eigenvalue weighted by Gasteiger charge is -2.18. The molecule has 21 heavy (non-hydrogen) atoms. The Labute approximate surface area is 126 Å².